The third-order valence-electron chi connectivity index (χ3n) is 4.11. The van der Waals surface area contributed by atoms with Crippen molar-refractivity contribution in [2.75, 3.05) is 26.4 Å². The van der Waals surface area contributed by atoms with Gasteiger partial charge in [-0.3, -0.25) is 4.79 Å². The fraction of sp³-hybridized carbons (Fsp3) is 0.450. The quantitative estimate of drug-likeness (QED) is 0.510. The third-order valence-corrected chi connectivity index (χ3v) is 4.11. The molecule has 130 valence electrons. The Morgan fingerprint density at radius 2 is 1.67 bits per heavy atom. The van der Waals surface area contributed by atoms with Crippen molar-refractivity contribution < 1.29 is 19.0 Å². The van der Waals surface area contributed by atoms with Crippen LogP contribution in [0.1, 0.15) is 27.2 Å². The van der Waals surface area contributed by atoms with Gasteiger partial charge in [0.05, 0.1) is 18.6 Å². The summed E-state index contributed by atoms with van der Waals surface area (Å²) in [4.78, 5) is 11.8. The monoisotopic (exact) mass is 330 g/mol. The van der Waals surface area contributed by atoms with Gasteiger partial charge >= 0.3 is 5.97 Å². The largest absolute Gasteiger partial charge is 0.491 e. The molecule has 0 aliphatic carbocycles. The maximum absolute atomic E-state index is 11.8. The molecule has 4 nitrogen and oxygen atoms in total. The van der Waals surface area contributed by atoms with E-state index < -0.39 is 5.41 Å². The molecule has 24 heavy (non-hydrogen) atoms. The summed E-state index contributed by atoms with van der Waals surface area (Å²) >= 11 is 0. The molecular weight excluding hydrogens is 304 g/mol. The summed E-state index contributed by atoms with van der Waals surface area (Å²) in [7, 11) is 0. The number of hydrogen-bond donors (Lipinski definition) is 0. The van der Waals surface area contributed by atoms with Gasteiger partial charge in [-0.2, -0.15) is 0 Å². The van der Waals surface area contributed by atoms with Gasteiger partial charge in [0.25, 0.3) is 0 Å². The van der Waals surface area contributed by atoms with Crippen LogP contribution in [0.4, 0.5) is 0 Å². The van der Waals surface area contributed by atoms with Crippen molar-refractivity contribution in [1.29, 1.82) is 0 Å². The predicted octanol–water partition coefficient (Wildman–Crippen LogP) is 4.21. The van der Waals surface area contributed by atoms with Gasteiger partial charge in [0.2, 0.25) is 0 Å². The van der Waals surface area contributed by atoms with Crippen molar-refractivity contribution in [2.45, 2.75) is 27.2 Å². The number of rotatable bonds is 9. The Balaban J connectivity index is 1.62. The van der Waals surface area contributed by atoms with Gasteiger partial charge in [-0.1, -0.05) is 37.3 Å². The normalized spacial score (nSPS) is 11.5. The first-order valence-electron chi connectivity index (χ1n) is 8.39. The molecule has 0 amide bonds. The van der Waals surface area contributed by atoms with E-state index in [1.807, 2.05) is 51.1 Å². The summed E-state index contributed by atoms with van der Waals surface area (Å²) in [5.74, 6) is 0.648. The lowest BCUT2D eigenvalue weighted by atomic mass is 9.91. The van der Waals surface area contributed by atoms with E-state index in [1.165, 1.54) is 5.39 Å². The van der Waals surface area contributed by atoms with E-state index in [2.05, 4.69) is 12.1 Å². The van der Waals surface area contributed by atoms with Crippen LogP contribution in [-0.2, 0) is 14.3 Å². The fourth-order valence-corrected chi connectivity index (χ4v) is 2.11. The van der Waals surface area contributed by atoms with E-state index in [-0.39, 0.29) is 12.6 Å². The van der Waals surface area contributed by atoms with Crippen LogP contribution in [0.15, 0.2) is 42.5 Å². The van der Waals surface area contributed by atoms with Gasteiger partial charge in [-0.05, 0) is 43.2 Å². The maximum atomic E-state index is 11.8. The van der Waals surface area contributed by atoms with Crippen molar-refractivity contribution in [1.82, 2.24) is 0 Å². The Kier molecular flexibility index (Phi) is 6.62. The lowest BCUT2D eigenvalue weighted by molar-refractivity contribution is -0.155. The summed E-state index contributed by atoms with van der Waals surface area (Å²) in [5, 5.41) is 2.35. The Morgan fingerprint density at radius 3 is 2.42 bits per heavy atom. The number of esters is 1. The molecule has 0 aliphatic rings. The number of ether oxygens (including phenoxy) is 3. The van der Waals surface area contributed by atoms with Gasteiger partial charge in [-0.25, -0.2) is 0 Å². The van der Waals surface area contributed by atoms with Crippen molar-refractivity contribution in [2.24, 2.45) is 5.41 Å². The van der Waals surface area contributed by atoms with E-state index >= 15 is 0 Å². The Hall–Kier alpha value is -2.07. The molecule has 0 spiro atoms. The Morgan fingerprint density at radius 1 is 0.958 bits per heavy atom. The molecular formula is C20H26O4. The van der Waals surface area contributed by atoms with Crippen molar-refractivity contribution in [3.63, 3.8) is 0 Å². The molecule has 0 aliphatic heterocycles. The predicted molar refractivity (Wildman–Crippen MR) is 95.3 cm³/mol. The van der Waals surface area contributed by atoms with Crippen molar-refractivity contribution in [3.05, 3.63) is 42.5 Å². The SMILES string of the molecule is CCC(C)(C)C(=O)OCCOCCOc1ccc2ccccc2c1. The molecule has 0 atom stereocenters. The van der Waals surface area contributed by atoms with E-state index in [9.17, 15) is 4.79 Å². The second-order valence-electron chi connectivity index (χ2n) is 6.34. The zero-order valence-corrected chi connectivity index (χ0v) is 14.7. The lowest BCUT2D eigenvalue weighted by Gasteiger charge is -2.20. The minimum atomic E-state index is -0.431. The molecule has 4 heteroatoms. The highest BCUT2D eigenvalue weighted by Gasteiger charge is 2.26. The molecule has 0 radical (unpaired) electrons. The van der Waals surface area contributed by atoms with Crippen LogP contribution in [0.3, 0.4) is 0 Å². The van der Waals surface area contributed by atoms with Crippen LogP contribution >= 0.6 is 0 Å². The summed E-state index contributed by atoms with van der Waals surface area (Å²) in [5.41, 5.74) is -0.431. The third kappa shape index (κ3) is 5.24. The molecule has 0 saturated carbocycles. The second kappa shape index (κ2) is 8.69. The number of carbonyl (C=O) groups is 1. The van der Waals surface area contributed by atoms with E-state index in [1.54, 1.807) is 0 Å². The number of benzene rings is 2. The van der Waals surface area contributed by atoms with E-state index in [0.29, 0.717) is 19.8 Å². The molecule has 0 saturated heterocycles. The average Bonchev–Trinajstić information content (AvgIpc) is 2.60. The first-order chi connectivity index (χ1) is 11.5. The highest BCUT2D eigenvalue weighted by atomic mass is 16.6. The Bertz CT molecular complexity index is 663. The molecule has 0 bridgehead atoms. The van der Waals surface area contributed by atoms with Crippen LogP contribution in [-0.4, -0.2) is 32.4 Å². The standard InChI is InChI=1S/C20H26O4/c1-4-20(2,3)19(21)24-14-12-22-11-13-23-18-10-9-16-7-5-6-8-17(16)15-18/h5-10,15H,4,11-14H2,1-3H3. The van der Waals surface area contributed by atoms with Gasteiger partial charge in [0.1, 0.15) is 19.0 Å². The zero-order valence-electron chi connectivity index (χ0n) is 14.7. The molecule has 0 aromatic heterocycles. The average molecular weight is 330 g/mol. The number of carbonyl (C=O) groups excluding carboxylic acids is 1. The summed E-state index contributed by atoms with van der Waals surface area (Å²) in [6.07, 6.45) is 0.756. The van der Waals surface area contributed by atoms with Crippen molar-refractivity contribution in [3.8, 4) is 5.75 Å². The van der Waals surface area contributed by atoms with Crippen molar-refractivity contribution >= 4 is 16.7 Å². The summed E-state index contributed by atoms with van der Waals surface area (Å²) in [6.45, 7) is 7.32. The maximum Gasteiger partial charge on any atom is 0.311 e. The van der Waals surface area contributed by atoms with Crippen LogP contribution < -0.4 is 4.74 Å². The van der Waals surface area contributed by atoms with Gasteiger partial charge in [0, 0.05) is 0 Å². The van der Waals surface area contributed by atoms with Gasteiger partial charge < -0.3 is 14.2 Å². The van der Waals surface area contributed by atoms with E-state index in [4.69, 9.17) is 14.2 Å². The molecule has 0 heterocycles. The first-order valence-corrected chi connectivity index (χ1v) is 8.39. The Labute approximate surface area is 143 Å². The van der Waals surface area contributed by atoms with Crippen LogP contribution in [0.5, 0.6) is 5.75 Å². The summed E-state index contributed by atoms with van der Waals surface area (Å²) in [6, 6.07) is 14.2. The lowest BCUT2D eigenvalue weighted by Crippen LogP contribution is -2.27. The molecule has 0 fully saturated rings. The van der Waals surface area contributed by atoms with Crippen LogP contribution in [0, 0.1) is 5.41 Å². The minimum Gasteiger partial charge on any atom is -0.491 e. The smallest absolute Gasteiger partial charge is 0.311 e. The highest BCUT2D eigenvalue weighted by molar-refractivity contribution is 5.83. The molecule has 0 N–H and O–H groups in total. The first kappa shape index (κ1) is 18.3. The molecule has 2 aromatic carbocycles. The number of fused-ring (bicyclic) bond motifs is 1. The topological polar surface area (TPSA) is 44.8 Å². The summed E-state index contributed by atoms with van der Waals surface area (Å²) < 4.78 is 16.3. The van der Waals surface area contributed by atoms with Crippen LogP contribution in [0.2, 0.25) is 0 Å². The van der Waals surface area contributed by atoms with Gasteiger partial charge in [0.15, 0.2) is 0 Å². The molecule has 2 aromatic rings. The number of hydrogen-bond acceptors (Lipinski definition) is 4. The second-order valence-corrected chi connectivity index (χ2v) is 6.34. The molecule has 0 unspecified atom stereocenters. The minimum absolute atomic E-state index is 0.180. The molecule has 2 rings (SSSR count). The van der Waals surface area contributed by atoms with E-state index in [0.717, 1.165) is 17.6 Å². The van der Waals surface area contributed by atoms with Crippen LogP contribution in [0.25, 0.3) is 10.8 Å². The van der Waals surface area contributed by atoms with Gasteiger partial charge in [-0.15, -0.1) is 0 Å². The fourth-order valence-electron chi connectivity index (χ4n) is 2.11. The zero-order chi connectivity index (χ0) is 17.4. The highest BCUT2D eigenvalue weighted by Crippen LogP contribution is 2.21.